The molecule has 8 nitrogen and oxygen atoms in total. The molecule has 0 saturated heterocycles. The van der Waals surface area contributed by atoms with Crippen molar-refractivity contribution in [2.75, 3.05) is 11.1 Å². The molecule has 1 fully saturated rings. The minimum absolute atomic E-state index is 0.142. The van der Waals surface area contributed by atoms with Gasteiger partial charge in [0, 0.05) is 29.7 Å². The number of benzene rings is 1. The van der Waals surface area contributed by atoms with Crippen molar-refractivity contribution >= 4 is 17.4 Å². The lowest BCUT2D eigenvalue weighted by atomic mass is 10.1. The molecule has 37 heavy (non-hydrogen) atoms. The summed E-state index contributed by atoms with van der Waals surface area (Å²) in [6.07, 6.45) is -0.125. The van der Waals surface area contributed by atoms with Gasteiger partial charge in [0.05, 0.1) is 11.8 Å². The zero-order valence-electron chi connectivity index (χ0n) is 18.8. The molecule has 3 N–H and O–H groups in total. The van der Waals surface area contributed by atoms with Crippen LogP contribution in [-0.2, 0) is 6.18 Å². The van der Waals surface area contributed by atoms with E-state index in [0.717, 1.165) is 31.2 Å². The first-order valence-corrected chi connectivity index (χ1v) is 10.9. The molecule has 0 aliphatic heterocycles. The molecule has 0 atom stereocenters. The van der Waals surface area contributed by atoms with Gasteiger partial charge in [0.1, 0.15) is 11.6 Å². The molecule has 0 unspecified atom stereocenters. The molecule has 13 heteroatoms. The third-order valence-electron chi connectivity index (χ3n) is 5.60. The lowest BCUT2D eigenvalue weighted by Gasteiger charge is -2.14. The van der Waals surface area contributed by atoms with Crippen LogP contribution in [0.25, 0.3) is 5.82 Å². The van der Waals surface area contributed by atoms with Crippen LogP contribution in [-0.4, -0.2) is 25.7 Å². The Morgan fingerprint density at radius 1 is 1.05 bits per heavy atom. The number of pyridine rings is 2. The molecule has 5 rings (SSSR count). The number of hydrogen-bond donors (Lipinski definition) is 2. The van der Waals surface area contributed by atoms with Gasteiger partial charge < -0.3 is 15.8 Å². The van der Waals surface area contributed by atoms with Crippen molar-refractivity contribution in [1.82, 2.24) is 19.7 Å². The van der Waals surface area contributed by atoms with E-state index in [2.05, 4.69) is 20.4 Å². The van der Waals surface area contributed by atoms with E-state index < -0.39 is 40.8 Å². The standard InChI is InChI=1S/C24H17F5N6O2/c25-15-2-1-8-32-22(15)35-20(24(27,28)29)14(11-33-35)23(36)34-13-5-6-17(16(26)10-13)37-18-7-9-31-21(30)19(18)12-3-4-12/h1-2,5-12H,3-4H2,(H2,30,31)(H,34,36). The maximum atomic E-state index is 14.8. The van der Waals surface area contributed by atoms with E-state index in [-0.39, 0.29) is 27.9 Å². The molecule has 1 aliphatic carbocycles. The molecule has 0 spiro atoms. The highest BCUT2D eigenvalue weighted by molar-refractivity contribution is 6.05. The van der Waals surface area contributed by atoms with Crippen molar-refractivity contribution in [3.63, 3.8) is 0 Å². The van der Waals surface area contributed by atoms with Crippen molar-refractivity contribution in [2.24, 2.45) is 0 Å². The van der Waals surface area contributed by atoms with E-state index in [1.807, 2.05) is 0 Å². The summed E-state index contributed by atoms with van der Waals surface area (Å²) in [4.78, 5) is 20.3. The van der Waals surface area contributed by atoms with Crippen LogP contribution in [0.3, 0.4) is 0 Å². The highest BCUT2D eigenvalue weighted by Crippen LogP contribution is 2.47. The fourth-order valence-electron chi connectivity index (χ4n) is 3.80. The topological polar surface area (TPSA) is 108 Å². The summed E-state index contributed by atoms with van der Waals surface area (Å²) in [5, 5.41) is 5.71. The highest BCUT2D eigenvalue weighted by Gasteiger charge is 2.41. The minimum atomic E-state index is -5.08. The van der Waals surface area contributed by atoms with Gasteiger partial charge in [-0.1, -0.05) is 0 Å². The summed E-state index contributed by atoms with van der Waals surface area (Å²) in [6, 6.07) is 7.03. The second-order valence-electron chi connectivity index (χ2n) is 8.21. The summed E-state index contributed by atoms with van der Waals surface area (Å²) < 4.78 is 76.2. The summed E-state index contributed by atoms with van der Waals surface area (Å²) in [5.41, 5.74) is 4.03. The Morgan fingerprint density at radius 2 is 1.84 bits per heavy atom. The van der Waals surface area contributed by atoms with E-state index in [4.69, 9.17) is 10.5 Å². The van der Waals surface area contributed by atoms with Gasteiger partial charge in [-0.15, -0.1) is 0 Å². The van der Waals surface area contributed by atoms with Crippen LogP contribution < -0.4 is 15.8 Å². The van der Waals surface area contributed by atoms with Gasteiger partial charge in [0.15, 0.2) is 28.9 Å². The average molecular weight is 516 g/mol. The Morgan fingerprint density at radius 3 is 2.51 bits per heavy atom. The summed E-state index contributed by atoms with van der Waals surface area (Å²) in [5.74, 6) is -3.29. The maximum absolute atomic E-state index is 14.8. The second kappa shape index (κ2) is 9.15. The molecule has 1 amide bonds. The molecule has 1 aromatic carbocycles. The Hall–Kier alpha value is -4.55. The number of ether oxygens (including phenoxy) is 1. The predicted molar refractivity (Wildman–Crippen MR) is 121 cm³/mol. The number of amides is 1. The van der Waals surface area contributed by atoms with Crippen LogP contribution in [0.4, 0.5) is 33.5 Å². The van der Waals surface area contributed by atoms with E-state index >= 15 is 0 Å². The first-order valence-electron chi connectivity index (χ1n) is 10.9. The molecule has 0 bridgehead atoms. The number of hydrogen-bond acceptors (Lipinski definition) is 6. The first-order chi connectivity index (χ1) is 17.6. The average Bonchev–Trinajstić information content (AvgIpc) is 3.56. The molecule has 1 saturated carbocycles. The SMILES string of the molecule is Nc1nccc(Oc2ccc(NC(=O)c3cnn(-c4ncccc4F)c3C(F)(F)F)cc2F)c1C1CC1. The number of nitrogen functional groups attached to an aromatic ring is 1. The summed E-state index contributed by atoms with van der Waals surface area (Å²) in [6.45, 7) is 0. The number of carbonyl (C=O) groups excluding carboxylic acids is 1. The monoisotopic (exact) mass is 516 g/mol. The van der Waals surface area contributed by atoms with Crippen LogP contribution in [0.5, 0.6) is 11.5 Å². The van der Waals surface area contributed by atoms with Crippen molar-refractivity contribution in [2.45, 2.75) is 24.9 Å². The van der Waals surface area contributed by atoms with Crippen LogP contribution in [0.1, 0.15) is 40.4 Å². The maximum Gasteiger partial charge on any atom is 0.434 e. The van der Waals surface area contributed by atoms with Gasteiger partial charge in [-0.25, -0.2) is 23.4 Å². The van der Waals surface area contributed by atoms with E-state index in [0.29, 0.717) is 17.5 Å². The van der Waals surface area contributed by atoms with E-state index in [1.54, 1.807) is 6.07 Å². The fraction of sp³-hybridized carbons (Fsp3) is 0.167. The Kier molecular flexibility index (Phi) is 5.97. The molecular formula is C24H17F5N6O2. The number of rotatable bonds is 6. The quantitative estimate of drug-likeness (QED) is 0.330. The fourth-order valence-corrected chi connectivity index (χ4v) is 3.80. The van der Waals surface area contributed by atoms with Crippen LogP contribution in [0, 0.1) is 11.6 Å². The lowest BCUT2D eigenvalue weighted by Crippen LogP contribution is -2.21. The van der Waals surface area contributed by atoms with Crippen LogP contribution in [0.2, 0.25) is 0 Å². The molecular weight excluding hydrogens is 499 g/mol. The lowest BCUT2D eigenvalue weighted by molar-refractivity contribution is -0.143. The van der Waals surface area contributed by atoms with Crippen molar-refractivity contribution in [3.8, 4) is 17.3 Å². The summed E-state index contributed by atoms with van der Waals surface area (Å²) >= 11 is 0. The number of anilines is 2. The number of nitrogens with one attached hydrogen (secondary N) is 1. The third kappa shape index (κ3) is 4.79. The Labute approximate surface area is 205 Å². The molecule has 0 radical (unpaired) electrons. The van der Waals surface area contributed by atoms with Gasteiger partial charge in [0.25, 0.3) is 5.91 Å². The van der Waals surface area contributed by atoms with Crippen molar-refractivity contribution in [3.05, 3.63) is 83.4 Å². The van der Waals surface area contributed by atoms with Crippen molar-refractivity contribution in [1.29, 1.82) is 0 Å². The summed E-state index contributed by atoms with van der Waals surface area (Å²) in [7, 11) is 0. The molecule has 4 aromatic rings. The number of aromatic nitrogens is 4. The number of nitrogens with zero attached hydrogens (tertiary/aromatic N) is 4. The number of alkyl halides is 3. The molecule has 190 valence electrons. The van der Waals surface area contributed by atoms with Crippen LogP contribution >= 0.6 is 0 Å². The zero-order valence-corrected chi connectivity index (χ0v) is 18.8. The van der Waals surface area contributed by atoms with Crippen LogP contribution in [0.15, 0.2) is 55.0 Å². The third-order valence-corrected chi connectivity index (χ3v) is 5.60. The normalized spacial score (nSPS) is 13.4. The Bertz CT molecular complexity index is 1500. The minimum Gasteiger partial charge on any atom is -0.454 e. The smallest absolute Gasteiger partial charge is 0.434 e. The first kappa shape index (κ1) is 24.2. The van der Waals surface area contributed by atoms with Gasteiger partial charge in [-0.3, -0.25) is 4.79 Å². The number of halogens is 5. The zero-order chi connectivity index (χ0) is 26.3. The van der Waals surface area contributed by atoms with E-state index in [9.17, 15) is 26.7 Å². The second-order valence-corrected chi connectivity index (χ2v) is 8.21. The van der Waals surface area contributed by atoms with Gasteiger partial charge in [-0.05, 0) is 49.1 Å². The van der Waals surface area contributed by atoms with Gasteiger partial charge in [-0.2, -0.15) is 18.3 Å². The molecule has 1 aliphatic rings. The largest absolute Gasteiger partial charge is 0.454 e. The Balaban J connectivity index is 1.40. The molecule has 3 aromatic heterocycles. The van der Waals surface area contributed by atoms with E-state index in [1.165, 1.54) is 24.4 Å². The van der Waals surface area contributed by atoms with Gasteiger partial charge in [0.2, 0.25) is 0 Å². The highest BCUT2D eigenvalue weighted by atomic mass is 19.4. The number of nitrogens with two attached hydrogens (primary N) is 1. The predicted octanol–water partition coefficient (Wildman–Crippen LogP) is 5.46. The number of carbonyl (C=O) groups is 1. The molecule has 3 heterocycles. The van der Waals surface area contributed by atoms with Crippen molar-refractivity contribution < 1.29 is 31.5 Å². The van der Waals surface area contributed by atoms with Gasteiger partial charge >= 0.3 is 6.18 Å².